The smallest absolute Gasteiger partial charge is 0.224 e. The van der Waals surface area contributed by atoms with E-state index in [1.54, 1.807) is 14.2 Å². The zero-order valence-corrected chi connectivity index (χ0v) is 16.5. The molecule has 0 fully saturated rings. The Labute approximate surface area is 165 Å². The standard InChI is InChI=1S/C21H25ClN2O3/c1-26-19-11-16-8-10-24(14-17(16)12-20(19)27-2)21(25)7-9-23-13-15-3-5-18(22)6-4-15/h3-6,11-12,23H,7-10,13-14H2,1-2H3. The second-order valence-electron chi connectivity index (χ2n) is 6.59. The molecule has 0 aliphatic carbocycles. The Balaban J connectivity index is 1.50. The molecule has 5 nitrogen and oxygen atoms in total. The molecule has 0 saturated carbocycles. The van der Waals surface area contributed by atoms with Crippen LogP contribution in [0.3, 0.4) is 0 Å². The number of rotatable bonds is 7. The van der Waals surface area contributed by atoms with E-state index >= 15 is 0 Å². The third-order valence-electron chi connectivity index (χ3n) is 4.83. The average Bonchev–Trinajstić information content (AvgIpc) is 2.70. The lowest BCUT2D eigenvalue weighted by molar-refractivity contribution is -0.132. The van der Waals surface area contributed by atoms with Crippen molar-refractivity contribution < 1.29 is 14.3 Å². The van der Waals surface area contributed by atoms with E-state index in [4.69, 9.17) is 21.1 Å². The highest BCUT2D eigenvalue weighted by molar-refractivity contribution is 6.30. The van der Waals surface area contributed by atoms with E-state index < -0.39 is 0 Å². The zero-order chi connectivity index (χ0) is 19.2. The highest BCUT2D eigenvalue weighted by Gasteiger charge is 2.22. The molecule has 144 valence electrons. The molecule has 0 radical (unpaired) electrons. The molecule has 0 bridgehead atoms. The molecule has 2 aromatic rings. The van der Waals surface area contributed by atoms with Crippen LogP contribution in [0, 0.1) is 0 Å². The molecule has 1 heterocycles. The van der Waals surface area contributed by atoms with Crippen molar-refractivity contribution in [2.75, 3.05) is 27.3 Å². The number of ether oxygens (including phenoxy) is 2. The Morgan fingerprint density at radius 2 is 1.78 bits per heavy atom. The summed E-state index contributed by atoms with van der Waals surface area (Å²) in [6.45, 7) is 2.73. The topological polar surface area (TPSA) is 50.8 Å². The first-order valence-corrected chi connectivity index (χ1v) is 9.45. The van der Waals surface area contributed by atoms with Gasteiger partial charge in [-0.3, -0.25) is 4.79 Å². The molecule has 27 heavy (non-hydrogen) atoms. The van der Waals surface area contributed by atoms with Crippen molar-refractivity contribution >= 4 is 17.5 Å². The number of carbonyl (C=O) groups excluding carboxylic acids is 1. The summed E-state index contributed by atoms with van der Waals surface area (Å²) < 4.78 is 10.7. The van der Waals surface area contributed by atoms with Crippen LogP contribution >= 0.6 is 11.6 Å². The molecule has 1 aliphatic heterocycles. The number of amides is 1. The average molecular weight is 389 g/mol. The number of nitrogens with zero attached hydrogens (tertiary/aromatic N) is 1. The molecule has 1 aliphatic rings. The highest BCUT2D eigenvalue weighted by atomic mass is 35.5. The van der Waals surface area contributed by atoms with Gasteiger partial charge in [-0.05, 0) is 47.4 Å². The van der Waals surface area contributed by atoms with E-state index in [0.717, 1.165) is 41.4 Å². The molecule has 0 saturated heterocycles. The van der Waals surface area contributed by atoms with Gasteiger partial charge in [-0.25, -0.2) is 0 Å². The molecule has 1 N–H and O–H groups in total. The second-order valence-corrected chi connectivity index (χ2v) is 7.03. The van der Waals surface area contributed by atoms with Crippen LogP contribution in [0.25, 0.3) is 0 Å². The Morgan fingerprint density at radius 3 is 2.44 bits per heavy atom. The SMILES string of the molecule is COc1cc2c(cc1OC)CN(C(=O)CCNCc1ccc(Cl)cc1)CC2. The number of benzene rings is 2. The van der Waals surface area contributed by atoms with Crippen molar-refractivity contribution in [1.82, 2.24) is 10.2 Å². The number of fused-ring (bicyclic) bond motifs is 1. The van der Waals surface area contributed by atoms with Crippen LogP contribution in [0.5, 0.6) is 11.5 Å². The fraction of sp³-hybridized carbons (Fsp3) is 0.381. The van der Waals surface area contributed by atoms with Gasteiger partial charge in [0.25, 0.3) is 0 Å². The van der Waals surface area contributed by atoms with E-state index in [-0.39, 0.29) is 5.91 Å². The van der Waals surface area contributed by atoms with E-state index in [1.165, 1.54) is 5.56 Å². The van der Waals surface area contributed by atoms with E-state index in [0.29, 0.717) is 25.3 Å². The Morgan fingerprint density at radius 1 is 1.11 bits per heavy atom. The van der Waals surface area contributed by atoms with E-state index in [2.05, 4.69) is 5.32 Å². The molecular weight excluding hydrogens is 364 g/mol. The first-order valence-electron chi connectivity index (χ1n) is 9.07. The molecule has 3 rings (SSSR count). The number of methoxy groups -OCH3 is 2. The Kier molecular flexibility index (Phi) is 6.58. The van der Waals surface area contributed by atoms with Crippen LogP contribution in [-0.4, -0.2) is 38.1 Å². The minimum Gasteiger partial charge on any atom is -0.493 e. The van der Waals surface area contributed by atoms with Crippen molar-refractivity contribution in [3.63, 3.8) is 0 Å². The van der Waals surface area contributed by atoms with Crippen molar-refractivity contribution in [2.24, 2.45) is 0 Å². The third-order valence-corrected chi connectivity index (χ3v) is 5.08. The van der Waals surface area contributed by atoms with Crippen LogP contribution < -0.4 is 14.8 Å². The van der Waals surface area contributed by atoms with Crippen LogP contribution in [-0.2, 0) is 24.3 Å². The molecule has 0 aromatic heterocycles. The fourth-order valence-electron chi connectivity index (χ4n) is 3.28. The van der Waals surface area contributed by atoms with Gasteiger partial charge in [0, 0.05) is 37.6 Å². The maximum absolute atomic E-state index is 12.6. The molecule has 6 heteroatoms. The summed E-state index contributed by atoms with van der Waals surface area (Å²) in [5, 5.41) is 4.05. The lowest BCUT2D eigenvalue weighted by Crippen LogP contribution is -2.37. The maximum atomic E-state index is 12.6. The summed E-state index contributed by atoms with van der Waals surface area (Å²) in [5.41, 5.74) is 3.50. The van der Waals surface area contributed by atoms with Crippen LogP contribution in [0.15, 0.2) is 36.4 Å². The summed E-state index contributed by atoms with van der Waals surface area (Å²) in [4.78, 5) is 14.5. The molecule has 0 unspecified atom stereocenters. The lowest BCUT2D eigenvalue weighted by atomic mass is 9.98. The minimum absolute atomic E-state index is 0.166. The van der Waals surface area contributed by atoms with Crippen LogP contribution in [0.4, 0.5) is 0 Å². The van der Waals surface area contributed by atoms with E-state index in [9.17, 15) is 4.79 Å². The van der Waals surface area contributed by atoms with E-state index in [1.807, 2.05) is 41.3 Å². The third kappa shape index (κ3) is 4.93. The molecule has 0 atom stereocenters. The number of hydrogen-bond donors (Lipinski definition) is 1. The first kappa shape index (κ1) is 19.5. The highest BCUT2D eigenvalue weighted by Crippen LogP contribution is 2.33. The molecule has 1 amide bonds. The molecule has 0 spiro atoms. The van der Waals surface area contributed by atoms with Gasteiger partial charge in [0.15, 0.2) is 11.5 Å². The normalized spacial score (nSPS) is 13.2. The maximum Gasteiger partial charge on any atom is 0.224 e. The number of nitrogens with one attached hydrogen (secondary N) is 1. The van der Waals surface area contributed by atoms with Gasteiger partial charge >= 0.3 is 0 Å². The summed E-state index contributed by atoms with van der Waals surface area (Å²) in [6.07, 6.45) is 1.32. The fourth-order valence-corrected chi connectivity index (χ4v) is 3.41. The van der Waals surface area contributed by atoms with Gasteiger partial charge in [-0.15, -0.1) is 0 Å². The van der Waals surface area contributed by atoms with Gasteiger partial charge in [-0.2, -0.15) is 0 Å². The van der Waals surface area contributed by atoms with Gasteiger partial charge in [0.05, 0.1) is 14.2 Å². The van der Waals surface area contributed by atoms with Gasteiger partial charge in [0.2, 0.25) is 5.91 Å². The number of hydrogen-bond acceptors (Lipinski definition) is 4. The van der Waals surface area contributed by atoms with Crippen LogP contribution in [0.1, 0.15) is 23.1 Å². The largest absolute Gasteiger partial charge is 0.493 e. The molecule has 2 aromatic carbocycles. The van der Waals surface area contributed by atoms with Gasteiger partial charge in [-0.1, -0.05) is 23.7 Å². The predicted octanol–water partition coefficient (Wildman–Crippen LogP) is 3.42. The minimum atomic E-state index is 0.166. The Bertz CT molecular complexity index is 793. The van der Waals surface area contributed by atoms with Crippen molar-refractivity contribution in [3.8, 4) is 11.5 Å². The summed E-state index contributed by atoms with van der Waals surface area (Å²) >= 11 is 5.89. The van der Waals surface area contributed by atoms with Crippen molar-refractivity contribution in [1.29, 1.82) is 0 Å². The lowest BCUT2D eigenvalue weighted by Gasteiger charge is -2.29. The Hall–Kier alpha value is -2.24. The zero-order valence-electron chi connectivity index (χ0n) is 15.8. The second kappa shape index (κ2) is 9.11. The first-order chi connectivity index (χ1) is 13.1. The predicted molar refractivity (Wildman–Crippen MR) is 106 cm³/mol. The quantitative estimate of drug-likeness (QED) is 0.738. The van der Waals surface area contributed by atoms with Gasteiger partial charge < -0.3 is 19.7 Å². The number of carbonyl (C=O) groups is 1. The molecular formula is C21H25ClN2O3. The number of halogens is 1. The summed E-state index contributed by atoms with van der Waals surface area (Å²) in [7, 11) is 3.27. The van der Waals surface area contributed by atoms with Crippen molar-refractivity contribution in [2.45, 2.75) is 25.9 Å². The van der Waals surface area contributed by atoms with Crippen molar-refractivity contribution in [3.05, 3.63) is 58.1 Å². The van der Waals surface area contributed by atoms with Gasteiger partial charge in [0.1, 0.15) is 0 Å². The monoisotopic (exact) mass is 388 g/mol. The van der Waals surface area contributed by atoms with Crippen LogP contribution in [0.2, 0.25) is 5.02 Å². The summed E-state index contributed by atoms with van der Waals surface area (Å²) in [6, 6.07) is 11.7. The summed E-state index contributed by atoms with van der Waals surface area (Å²) in [5.74, 6) is 1.61.